The van der Waals surface area contributed by atoms with Crippen molar-refractivity contribution in [1.29, 1.82) is 0 Å². The van der Waals surface area contributed by atoms with Crippen LogP contribution in [0, 0.1) is 0 Å². The second-order valence-corrected chi connectivity index (χ2v) is 8.29. The number of pyridine rings is 1. The summed E-state index contributed by atoms with van der Waals surface area (Å²) in [7, 11) is -3.51. The first kappa shape index (κ1) is 17.7. The van der Waals surface area contributed by atoms with Gasteiger partial charge in [0.25, 0.3) is 0 Å². The summed E-state index contributed by atoms with van der Waals surface area (Å²) in [5.41, 5.74) is 1.15. The monoisotopic (exact) mass is 361 g/mol. The van der Waals surface area contributed by atoms with E-state index in [-0.39, 0.29) is 18.9 Å². The lowest BCUT2D eigenvalue weighted by Gasteiger charge is -2.28. The first-order chi connectivity index (χ1) is 12.0. The maximum Gasteiger partial charge on any atom is 0.232 e. The van der Waals surface area contributed by atoms with Crippen LogP contribution in [0.3, 0.4) is 0 Å². The van der Waals surface area contributed by atoms with Gasteiger partial charge in [-0.05, 0) is 31.4 Å². The molecule has 0 spiro atoms. The number of hydrogen-bond donors (Lipinski definition) is 0. The highest BCUT2D eigenvalue weighted by atomic mass is 32.2. The summed E-state index contributed by atoms with van der Waals surface area (Å²) >= 11 is 0. The van der Waals surface area contributed by atoms with E-state index < -0.39 is 10.0 Å². The predicted octanol–water partition coefficient (Wildman–Crippen LogP) is 2.40. The Kier molecular flexibility index (Phi) is 5.22. The number of hydrogen-bond acceptors (Lipinski definition) is 4. The van der Waals surface area contributed by atoms with E-state index in [1.165, 1.54) is 10.6 Å². The van der Waals surface area contributed by atoms with Crippen molar-refractivity contribution in [2.45, 2.75) is 25.7 Å². The van der Waals surface area contributed by atoms with Gasteiger partial charge in [-0.3, -0.25) is 14.1 Å². The Morgan fingerprint density at radius 2 is 1.88 bits per heavy atom. The lowest BCUT2D eigenvalue weighted by atomic mass is 10.1. The van der Waals surface area contributed by atoms with Crippen LogP contribution < -0.4 is 4.31 Å². The van der Waals surface area contributed by atoms with Crippen molar-refractivity contribution in [3.8, 4) is 0 Å². The maximum atomic E-state index is 12.4. The average molecular weight is 361 g/mol. The molecular formula is C18H23N3O3S. The molecule has 0 aliphatic carbocycles. The van der Waals surface area contributed by atoms with Gasteiger partial charge >= 0.3 is 0 Å². The first-order valence-corrected chi connectivity index (χ1v) is 10.4. The van der Waals surface area contributed by atoms with E-state index in [0.29, 0.717) is 11.2 Å². The van der Waals surface area contributed by atoms with Crippen LogP contribution in [-0.4, -0.2) is 50.1 Å². The van der Waals surface area contributed by atoms with Gasteiger partial charge in [0.15, 0.2) is 0 Å². The van der Waals surface area contributed by atoms with Crippen LogP contribution in [-0.2, 0) is 14.8 Å². The second-order valence-electron chi connectivity index (χ2n) is 6.38. The number of anilines is 1. The number of carbonyl (C=O) groups is 1. The van der Waals surface area contributed by atoms with Crippen LogP contribution in [0.15, 0.2) is 36.5 Å². The zero-order valence-corrected chi connectivity index (χ0v) is 15.2. The van der Waals surface area contributed by atoms with Gasteiger partial charge in [-0.15, -0.1) is 0 Å². The number of amides is 1. The quantitative estimate of drug-likeness (QED) is 0.820. The molecule has 1 aromatic heterocycles. The van der Waals surface area contributed by atoms with Gasteiger partial charge in [0.2, 0.25) is 15.9 Å². The molecule has 0 saturated carbocycles. The van der Waals surface area contributed by atoms with Crippen molar-refractivity contribution in [3.05, 3.63) is 36.5 Å². The van der Waals surface area contributed by atoms with Crippen molar-refractivity contribution >= 4 is 32.5 Å². The molecule has 0 radical (unpaired) electrons. The van der Waals surface area contributed by atoms with Crippen LogP contribution in [0.5, 0.6) is 0 Å². The molecule has 0 unspecified atom stereocenters. The lowest BCUT2D eigenvalue weighted by molar-refractivity contribution is -0.131. The largest absolute Gasteiger partial charge is 0.343 e. The Bertz CT molecular complexity index is 856. The summed E-state index contributed by atoms with van der Waals surface area (Å²) in [5, 5.41) is 0.871. The SMILES string of the molecule is CS(=O)(=O)N(CCC(=O)N1CCCCC1)c1cccc2cccnc12. The van der Waals surface area contributed by atoms with E-state index in [4.69, 9.17) is 0 Å². The number of benzene rings is 1. The number of likely N-dealkylation sites (tertiary alicyclic amines) is 1. The van der Waals surface area contributed by atoms with Gasteiger partial charge in [-0.1, -0.05) is 18.2 Å². The van der Waals surface area contributed by atoms with Crippen LogP contribution in [0.25, 0.3) is 10.9 Å². The van der Waals surface area contributed by atoms with Crippen LogP contribution in [0.2, 0.25) is 0 Å². The van der Waals surface area contributed by atoms with E-state index >= 15 is 0 Å². The molecule has 2 aromatic rings. The fraction of sp³-hybridized carbons (Fsp3) is 0.444. The molecular weight excluding hydrogens is 338 g/mol. The van der Waals surface area contributed by atoms with Gasteiger partial charge in [0.1, 0.15) is 0 Å². The smallest absolute Gasteiger partial charge is 0.232 e. The number of aromatic nitrogens is 1. The fourth-order valence-corrected chi connectivity index (χ4v) is 4.18. The maximum absolute atomic E-state index is 12.4. The molecule has 1 saturated heterocycles. The molecule has 0 bridgehead atoms. The second kappa shape index (κ2) is 7.39. The molecule has 1 aliphatic rings. The van der Waals surface area contributed by atoms with E-state index in [9.17, 15) is 13.2 Å². The summed E-state index contributed by atoms with van der Waals surface area (Å²) in [6.45, 7) is 1.67. The third-order valence-electron chi connectivity index (χ3n) is 4.52. The summed E-state index contributed by atoms with van der Waals surface area (Å²) in [6.07, 6.45) is 6.19. The molecule has 0 N–H and O–H groups in total. The Morgan fingerprint density at radius 1 is 1.16 bits per heavy atom. The van der Waals surface area contributed by atoms with E-state index in [1.54, 1.807) is 12.3 Å². The van der Waals surface area contributed by atoms with E-state index in [1.807, 2.05) is 29.2 Å². The number of sulfonamides is 1. The van der Waals surface area contributed by atoms with Crippen LogP contribution in [0.4, 0.5) is 5.69 Å². The summed E-state index contributed by atoms with van der Waals surface area (Å²) in [4.78, 5) is 18.6. The molecule has 134 valence electrons. The topological polar surface area (TPSA) is 70.6 Å². The molecule has 25 heavy (non-hydrogen) atoms. The van der Waals surface area contributed by atoms with E-state index in [2.05, 4.69) is 4.98 Å². The number of rotatable bonds is 5. The normalized spacial score (nSPS) is 15.3. The Labute approximate surface area is 148 Å². The minimum Gasteiger partial charge on any atom is -0.343 e. The van der Waals surface area contributed by atoms with Crippen molar-refractivity contribution in [1.82, 2.24) is 9.88 Å². The number of fused-ring (bicyclic) bond motifs is 1. The molecule has 1 fully saturated rings. The molecule has 7 heteroatoms. The molecule has 2 heterocycles. The Balaban J connectivity index is 1.84. The van der Waals surface area contributed by atoms with Gasteiger partial charge in [-0.2, -0.15) is 0 Å². The van der Waals surface area contributed by atoms with Crippen molar-refractivity contribution in [2.24, 2.45) is 0 Å². The number of piperidine rings is 1. The van der Waals surface area contributed by atoms with Gasteiger partial charge < -0.3 is 4.90 Å². The highest BCUT2D eigenvalue weighted by Gasteiger charge is 2.23. The fourth-order valence-electron chi connectivity index (χ4n) is 3.25. The third kappa shape index (κ3) is 4.10. The summed E-state index contributed by atoms with van der Waals surface area (Å²) in [6, 6.07) is 9.15. The number of nitrogens with zero attached hydrogens (tertiary/aromatic N) is 3. The minimum atomic E-state index is -3.51. The minimum absolute atomic E-state index is 0.0153. The number of para-hydroxylation sites is 1. The number of carbonyl (C=O) groups excluding carboxylic acids is 1. The zero-order chi connectivity index (χ0) is 17.9. The zero-order valence-electron chi connectivity index (χ0n) is 14.4. The highest BCUT2D eigenvalue weighted by Crippen LogP contribution is 2.27. The third-order valence-corrected chi connectivity index (χ3v) is 5.70. The molecule has 1 aromatic carbocycles. The first-order valence-electron chi connectivity index (χ1n) is 8.56. The summed E-state index contributed by atoms with van der Waals surface area (Å²) in [5.74, 6) is 0.0153. The lowest BCUT2D eigenvalue weighted by Crippen LogP contribution is -2.39. The highest BCUT2D eigenvalue weighted by molar-refractivity contribution is 7.92. The van der Waals surface area contributed by atoms with Crippen molar-refractivity contribution in [2.75, 3.05) is 30.2 Å². The van der Waals surface area contributed by atoms with E-state index in [0.717, 1.165) is 37.7 Å². The molecule has 0 atom stereocenters. The van der Waals surface area contributed by atoms with Crippen LogP contribution in [0.1, 0.15) is 25.7 Å². The molecule has 1 aliphatic heterocycles. The van der Waals surface area contributed by atoms with Crippen LogP contribution >= 0.6 is 0 Å². The van der Waals surface area contributed by atoms with Gasteiger partial charge in [-0.25, -0.2) is 8.42 Å². The van der Waals surface area contributed by atoms with Gasteiger partial charge in [0.05, 0.1) is 17.5 Å². The molecule has 1 amide bonds. The summed E-state index contributed by atoms with van der Waals surface area (Å²) < 4.78 is 26.0. The van der Waals surface area contributed by atoms with Crippen molar-refractivity contribution in [3.63, 3.8) is 0 Å². The average Bonchev–Trinajstić information content (AvgIpc) is 2.61. The Hall–Kier alpha value is -2.15. The van der Waals surface area contributed by atoms with Crippen molar-refractivity contribution < 1.29 is 13.2 Å². The molecule has 6 nitrogen and oxygen atoms in total. The van der Waals surface area contributed by atoms with Gasteiger partial charge in [0, 0.05) is 37.6 Å². The Morgan fingerprint density at radius 3 is 2.60 bits per heavy atom. The standard InChI is InChI=1S/C18H23N3O3S/c1-25(23,24)21(14-10-17(22)20-12-3-2-4-13-20)16-9-5-7-15-8-6-11-19-18(15)16/h5-9,11H,2-4,10,12-14H2,1H3. The molecule has 3 rings (SSSR count). The predicted molar refractivity (Wildman–Crippen MR) is 99.0 cm³/mol.